The monoisotopic (exact) mass is 362 g/mol. The van der Waals surface area contributed by atoms with Crippen molar-refractivity contribution in [1.82, 2.24) is 19.5 Å². The number of hydrogen-bond donors (Lipinski definition) is 5. The first kappa shape index (κ1) is 16.3. The molecule has 1 saturated heterocycles. The minimum absolute atomic E-state index is 0.0552. The van der Waals surface area contributed by atoms with Crippen LogP contribution < -0.4 is 11.3 Å². The summed E-state index contributed by atoms with van der Waals surface area (Å²) in [6.07, 6.45) is -1.07. The zero-order valence-corrected chi connectivity index (χ0v) is 13.1. The van der Waals surface area contributed by atoms with Gasteiger partial charge in [0.1, 0.15) is 18.1 Å². The normalized spacial score (nSPS) is 28.4. The molecule has 1 fully saturated rings. The van der Waals surface area contributed by atoms with Crippen LogP contribution in [0.5, 0.6) is 0 Å². The van der Waals surface area contributed by atoms with Crippen molar-refractivity contribution >= 4 is 37.1 Å². The van der Waals surface area contributed by atoms with Crippen LogP contribution in [0.1, 0.15) is 5.37 Å². The van der Waals surface area contributed by atoms with Gasteiger partial charge in [0.2, 0.25) is 5.95 Å². The van der Waals surface area contributed by atoms with Gasteiger partial charge in [0.25, 0.3) is 5.56 Å². The Balaban J connectivity index is 1.93. The van der Waals surface area contributed by atoms with Gasteiger partial charge in [-0.3, -0.25) is 14.3 Å². The fourth-order valence-corrected chi connectivity index (χ4v) is 4.19. The Morgan fingerprint density at radius 2 is 2.22 bits per heavy atom. The SMILES string of the molecule is Nc1nc2c(ncn2C2SC(CO[P+](=O)O)C(O)C2O)c(=O)[nH]1. The van der Waals surface area contributed by atoms with Gasteiger partial charge in [-0.15, -0.1) is 21.2 Å². The van der Waals surface area contributed by atoms with Crippen molar-refractivity contribution in [3.05, 3.63) is 16.7 Å². The number of aliphatic hydroxyl groups excluding tert-OH is 2. The molecular formula is C10H13N5O6PS+. The highest BCUT2D eigenvalue weighted by atomic mass is 32.2. The van der Waals surface area contributed by atoms with Crippen molar-refractivity contribution in [2.45, 2.75) is 22.8 Å². The first-order chi connectivity index (χ1) is 10.9. The molecule has 0 spiro atoms. The quantitative estimate of drug-likeness (QED) is 0.411. The van der Waals surface area contributed by atoms with Crippen molar-refractivity contribution < 1.29 is 24.2 Å². The molecule has 23 heavy (non-hydrogen) atoms. The van der Waals surface area contributed by atoms with E-state index >= 15 is 0 Å². The molecule has 6 N–H and O–H groups in total. The lowest BCUT2D eigenvalue weighted by Crippen LogP contribution is -2.33. The first-order valence-electron chi connectivity index (χ1n) is 6.41. The topological polar surface area (TPSA) is 177 Å². The van der Waals surface area contributed by atoms with E-state index in [1.54, 1.807) is 0 Å². The summed E-state index contributed by atoms with van der Waals surface area (Å²) in [7, 11) is -2.80. The number of hydrogen-bond acceptors (Lipinski definition) is 9. The third-order valence-corrected chi connectivity index (χ3v) is 5.33. The fourth-order valence-electron chi connectivity index (χ4n) is 2.36. The van der Waals surface area contributed by atoms with E-state index in [0.29, 0.717) is 0 Å². The number of thioether (sulfide) groups is 1. The van der Waals surface area contributed by atoms with Crippen LogP contribution >= 0.6 is 20.0 Å². The van der Waals surface area contributed by atoms with Crippen molar-refractivity contribution in [3.8, 4) is 0 Å². The second-order valence-corrected chi connectivity index (χ2v) is 6.95. The zero-order chi connectivity index (χ0) is 16.7. The summed E-state index contributed by atoms with van der Waals surface area (Å²) in [6, 6.07) is 0. The Morgan fingerprint density at radius 3 is 2.91 bits per heavy atom. The van der Waals surface area contributed by atoms with Crippen molar-refractivity contribution in [2.24, 2.45) is 0 Å². The summed E-state index contributed by atoms with van der Waals surface area (Å²) in [6.45, 7) is -0.214. The molecular weight excluding hydrogens is 349 g/mol. The molecule has 2 aromatic rings. The molecule has 1 aliphatic heterocycles. The van der Waals surface area contributed by atoms with Gasteiger partial charge in [-0.05, 0) is 0 Å². The van der Waals surface area contributed by atoms with Crippen LogP contribution in [0.25, 0.3) is 11.2 Å². The lowest BCUT2D eigenvalue weighted by molar-refractivity contribution is 0.0126. The van der Waals surface area contributed by atoms with Crippen LogP contribution in [0, 0.1) is 0 Å². The van der Waals surface area contributed by atoms with Gasteiger partial charge < -0.3 is 15.9 Å². The molecule has 0 aliphatic carbocycles. The summed E-state index contributed by atoms with van der Waals surface area (Å²) in [5.41, 5.74) is 5.23. The Kier molecular flexibility index (Phi) is 4.36. The number of nitrogens with one attached hydrogen (secondary N) is 1. The lowest BCUT2D eigenvalue weighted by atomic mass is 10.1. The number of fused-ring (bicyclic) bond motifs is 1. The highest BCUT2D eigenvalue weighted by molar-refractivity contribution is 8.00. The van der Waals surface area contributed by atoms with Crippen LogP contribution in [-0.2, 0) is 9.09 Å². The summed E-state index contributed by atoms with van der Waals surface area (Å²) in [5, 5.41) is 18.9. The lowest BCUT2D eigenvalue weighted by Gasteiger charge is -2.16. The van der Waals surface area contributed by atoms with Crippen molar-refractivity contribution in [2.75, 3.05) is 12.3 Å². The van der Waals surface area contributed by atoms with Gasteiger partial charge in [-0.25, -0.2) is 4.98 Å². The maximum atomic E-state index is 11.8. The molecule has 5 unspecified atom stereocenters. The molecule has 11 nitrogen and oxygen atoms in total. The molecule has 0 saturated carbocycles. The number of aromatic nitrogens is 4. The smallest absolute Gasteiger partial charge is 0.389 e. The number of aliphatic hydroxyl groups is 2. The number of aromatic amines is 1. The average molecular weight is 362 g/mol. The number of nitrogens with two attached hydrogens (primary N) is 1. The summed E-state index contributed by atoms with van der Waals surface area (Å²) in [5.74, 6) is -0.0977. The maximum Gasteiger partial charge on any atom is 0.694 e. The van der Waals surface area contributed by atoms with E-state index in [1.807, 2.05) is 0 Å². The van der Waals surface area contributed by atoms with Crippen LogP contribution in [0.15, 0.2) is 11.1 Å². The standard InChI is InChI=1S/C10H12N5O6PS/c11-10-13-7-4(8(18)14-10)12-2-15(7)9-6(17)5(16)3(23-9)1-21-22(19)20/h2-3,5-6,9,16-17H,1H2,(H3-,11,13,14,18,19,20)/p+1. The molecule has 3 rings (SSSR count). The minimum atomic E-state index is -2.80. The van der Waals surface area contributed by atoms with Crippen LogP contribution in [0.4, 0.5) is 5.95 Å². The molecule has 3 heterocycles. The molecule has 13 heteroatoms. The largest absolute Gasteiger partial charge is 0.694 e. The van der Waals surface area contributed by atoms with Gasteiger partial charge in [0.15, 0.2) is 11.2 Å². The van der Waals surface area contributed by atoms with Gasteiger partial charge in [-0.1, -0.05) is 0 Å². The third-order valence-electron chi connectivity index (χ3n) is 3.41. The Bertz CT molecular complexity index is 811. The van der Waals surface area contributed by atoms with Gasteiger partial charge in [-0.2, -0.15) is 4.98 Å². The van der Waals surface area contributed by atoms with E-state index < -0.39 is 36.6 Å². The van der Waals surface area contributed by atoms with E-state index in [4.69, 9.17) is 10.6 Å². The molecule has 0 aromatic carbocycles. The Morgan fingerprint density at radius 1 is 1.48 bits per heavy atom. The number of nitrogen functional groups attached to an aromatic ring is 1. The van der Waals surface area contributed by atoms with Crippen LogP contribution in [-0.4, -0.2) is 58.7 Å². The van der Waals surface area contributed by atoms with Crippen LogP contribution in [0.2, 0.25) is 0 Å². The molecule has 124 valence electrons. The van der Waals surface area contributed by atoms with E-state index in [1.165, 1.54) is 10.9 Å². The molecule has 5 atom stereocenters. The highest BCUT2D eigenvalue weighted by Crippen LogP contribution is 2.43. The number of rotatable bonds is 4. The molecule has 0 radical (unpaired) electrons. The Hall–Kier alpha value is -1.56. The number of anilines is 1. The molecule has 0 amide bonds. The van der Waals surface area contributed by atoms with E-state index in [-0.39, 0.29) is 23.7 Å². The van der Waals surface area contributed by atoms with E-state index in [0.717, 1.165) is 11.8 Å². The summed E-state index contributed by atoms with van der Waals surface area (Å²) < 4.78 is 16.6. The van der Waals surface area contributed by atoms with Crippen molar-refractivity contribution in [3.63, 3.8) is 0 Å². The first-order valence-corrected chi connectivity index (χ1v) is 8.48. The van der Waals surface area contributed by atoms with E-state index in [2.05, 4.69) is 19.5 Å². The van der Waals surface area contributed by atoms with Crippen LogP contribution in [0.3, 0.4) is 0 Å². The number of nitrogens with zero attached hydrogens (tertiary/aromatic N) is 3. The zero-order valence-electron chi connectivity index (χ0n) is 11.4. The third kappa shape index (κ3) is 2.96. The predicted molar refractivity (Wildman–Crippen MR) is 80.8 cm³/mol. The number of H-pyrrole nitrogens is 1. The van der Waals surface area contributed by atoms with Gasteiger partial charge in [0, 0.05) is 4.57 Å². The number of imidazole rings is 1. The molecule has 2 aromatic heterocycles. The predicted octanol–water partition coefficient (Wildman–Crippen LogP) is -1.30. The van der Waals surface area contributed by atoms with Crippen molar-refractivity contribution in [1.29, 1.82) is 0 Å². The Labute approximate surface area is 133 Å². The highest BCUT2D eigenvalue weighted by Gasteiger charge is 2.45. The summed E-state index contributed by atoms with van der Waals surface area (Å²) in [4.78, 5) is 30.7. The summed E-state index contributed by atoms with van der Waals surface area (Å²) >= 11 is 1.12. The van der Waals surface area contributed by atoms with Gasteiger partial charge >= 0.3 is 8.25 Å². The second kappa shape index (κ2) is 6.15. The van der Waals surface area contributed by atoms with Gasteiger partial charge in [0.05, 0.1) is 17.7 Å². The fraction of sp³-hybridized carbons (Fsp3) is 0.500. The molecule has 1 aliphatic rings. The minimum Gasteiger partial charge on any atom is -0.389 e. The second-order valence-electron chi connectivity index (χ2n) is 4.86. The van der Waals surface area contributed by atoms with E-state index in [9.17, 15) is 19.6 Å². The molecule has 0 bridgehead atoms. The maximum absolute atomic E-state index is 11.8. The average Bonchev–Trinajstić information content (AvgIpc) is 3.00.